The summed E-state index contributed by atoms with van der Waals surface area (Å²) in [6.45, 7) is 6.44. The topological polar surface area (TPSA) is 18.5 Å². The average molecular weight is 408 g/mol. The fraction of sp³-hybridized carbons (Fsp3) is 0.231. The maximum absolute atomic E-state index is 14.8. The van der Waals surface area contributed by atoms with Crippen LogP contribution in [0.4, 0.5) is 8.78 Å². The Hall–Kier alpha value is -3.14. The van der Waals surface area contributed by atoms with Crippen LogP contribution in [-0.4, -0.2) is 6.61 Å². The number of halogens is 2. The van der Waals surface area contributed by atoms with Gasteiger partial charge in [-0.15, -0.1) is 0 Å². The summed E-state index contributed by atoms with van der Waals surface area (Å²) in [5.41, 5.74) is 1.12. The lowest BCUT2D eigenvalue weighted by molar-refractivity contribution is 0.340. The summed E-state index contributed by atoms with van der Waals surface area (Å²) in [7, 11) is 0. The van der Waals surface area contributed by atoms with Crippen LogP contribution in [-0.2, 0) is 11.8 Å². The minimum Gasteiger partial charge on any atom is -0.494 e. The predicted molar refractivity (Wildman–Crippen MR) is 116 cm³/mol. The maximum atomic E-state index is 14.8. The Balaban J connectivity index is 1.74. The molecular formula is C26H26F2O2. The normalized spacial score (nSPS) is 12.0. The number of benzene rings is 3. The van der Waals surface area contributed by atoms with Crippen molar-refractivity contribution in [2.45, 2.75) is 32.6 Å². The maximum Gasteiger partial charge on any atom is 0.165 e. The van der Waals surface area contributed by atoms with Crippen LogP contribution in [0.2, 0.25) is 0 Å². The molecule has 4 heteroatoms. The third-order valence-corrected chi connectivity index (χ3v) is 4.77. The van der Waals surface area contributed by atoms with E-state index in [4.69, 9.17) is 9.47 Å². The van der Waals surface area contributed by atoms with Gasteiger partial charge in [0.2, 0.25) is 0 Å². The molecule has 3 aromatic rings. The second-order valence-electron chi connectivity index (χ2n) is 7.63. The Bertz CT molecular complexity index is 993. The molecule has 2 nitrogen and oxygen atoms in total. The molecule has 0 fully saturated rings. The van der Waals surface area contributed by atoms with Crippen LogP contribution in [0, 0.1) is 5.82 Å². The van der Waals surface area contributed by atoms with Crippen molar-refractivity contribution in [2.24, 2.45) is 0 Å². The SMILES string of the molecule is CCOc1ccc(C(C)(C)/C=C(\F)Cc2ccc(F)c(Oc3ccccc3)c2)cc1. The van der Waals surface area contributed by atoms with Crippen molar-refractivity contribution in [3.05, 3.63) is 102 Å². The minimum absolute atomic E-state index is 0.0614. The van der Waals surface area contributed by atoms with Gasteiger partial charge < -0.3 is 9.47 Å². The van der Waals surface area contributed by atoms with E-state index in [9.17, 15) is 8.78 Å². The first kappa shape index (κ1) is 21.6. The zero-order chi connectivity index (χ0) is 21.6. The number of rotatable bonds is 8. The molecule has 0 unspecified atom stereocenters. The van der Waals surface area contributed by atoms with Gasteiger partial charge in [0.1, 0.15) is 17.3 Å². The summed E-state index contributed by atoms with van der Waals surface area (Å²) in [5.74, 6) is 0.630. The quantitative estimate of drug-likeness (QED) is 0.387. The van der Waals surface area contributed by atoms with Gasteiger partial charge in [0.15, 0.2) is 11.6 Å². The van der Waals surface area contributed by atoms with Crippen molar-refractivity contribution < 1.29 is 18.3 Å². The number of ether oxygens (including phenoxy) is 2. The highest BCUT2D eigenvalue weighted by Gasteiger charge is 2.19. The summed E-state index contributed by atoms with van der Waals surface area (Å²) >= 11 is 0. The molecule has 0 atom stereocenters. The molecule has 0 saturated heterocycles. The fourth-order valence-corrected chi connectivity index (χ4v) is 3.22. The fourth-order valence-electron chi connectivity index (χ4n) is 3.22. The second-order valence-corrected chi connectivity index (χ2v) is 7.63. The largest absolute Gasteiger partial charge is 0.494 e. The van der Waals surface area contributed by atoms with Crippen LogP contribution in [0.15, 0.2) is 84.7 Å². The van der Waals surface area contributed by atoms with Gasteiger partial charge in [-0.3, -0.25) is 0 Å². The Morgan fingerprint density at radius 2 is 1.63 bits per heavy atom. The van der Waals surface area contributed by atoms with E-state index in [-0.39, 0.29) is 18.0 Å². The van der Waals surface area contributed by atoms with Crippen LogP contribution in [0.25, 0.3) is 0 Å². The Morgan fingerprint density at radius 3 is 2.30 bits per heavy atom. The molecule has 0 saturated carbocycles. The van der Waals surface area contributed by atoms with E-state index in [1.54, 1.807) is 30.3 Å². The van der Waals surface area contributed by atoms with E-state index < -0.39 is 11.2 Å². The molecule has 0 heterocycles. The number of allylic oxidation sites excluding steroid dienone is 2. The molecule has 0 bridgehead atoms. The van der Waals surface area contributed by atoms with Gasteiger partial charge in [-0.2, -0.15) is 0 Å². The van der Waals surface area contributed by atoms with Gasteiger partial charge in [-0.05, 0) is 60.5 Å². The average Bonchev–Trinajstić information content (AvgIpc) is 2.71. The van der Waals surface area contributed by atoms with E-state index in [0.717, 1.165) is 11.3 Å². The molecule has 3 rings (SSSR count). The van der Waals surface area contributed by atoms with Crippen molar-refractivity contribution in [3.63, 3.8) is 0 Å². The lowest BCUT2D eigenvalue weighted by atomic mass is 9.83. The van der Waals surface area contributed by atoms with Gasteiger partial charge in [-0.1, -0.05) is 50.2 Å². The molecule has 0 aliphatic rings. The van der Waals surface area contributed by atoms with Gasteiger partial charge >= 0.3 is 0 Å². The molecule has 0 radical (unpaired) electrons. The Morgan fingerprint density at radius 1 is 0.933 bits per heavy atom. The molecule has 0 amide bonds. The third kappa shape index (κ3) is 5.69. The van der Waals surface area contributed by atoms with E-state index in [2.05, 4.69) is 0 Å². The van der Waals surface area contributed by atoms with Crippen molar-refractivity contribution >= 4 is 0 Å². The highest BCUT2D eigenvalue weighted by Crippen LogP contribution is 2.30. The molecule has 30 heavy (non-hydrogen) atoms. The lowest BCUT2D eigenvalue weighted by Gasteiger charge is -2.22. The lowest BCUT2D eigenvalue weighted by Crippen LogP contribution is -2.14. The van der Waals surface area contributed by atoms with Gasteiger partial charge in [0.25, 0.3) is 0 Å². The smallest absolute Gasteiger partial charge is 0.165 e. The predicted octanol–water partition coefficient (Wildman–Crippen LogP) is 7.39. The molecule has 0 spiro atoms. The first-order chi connectivity index (χ1) is 14.4. The zero-order valence-electron chi connectivity index (χ0n) is 17.5. The molecule has 0 aromatic heterocycles. The van der Waals surface area contributed by atoms with E-state index in [1.807, 2.05) is 63.2 Å². The van der Waals surface area contributed by atoms with Crippen LogP contribution >= 0.6 is 0 Å². The van der Waals surface area contributed by atoms with Crippen LogP contribution in [0.3, 0.4) is 0 Å². The van der Waals surface area contributed by atoms with Gasteiger partial charge in [0.05, 0.1) is 6.61 Å². The van der Waals surface area contributed by atoms with Crippen LogP contribution in [0.5, 0.6) is 17.2 Å². The third-order valence-electron chi connectivity index (χ3n) is 4.77. The summed E-state index contributed by atoms with van der Waals surface area (Å²) in [6.07, 6.45) is 1.66. The first-order valence-electron chi connectivity index (χ1n) is 9.99. The first-order valence-corrected chi connectivity index (χ1v) is 9.99. The summed E-state index contributed by atoms with van der Waals surface area (Å²) in [5, 5.41) is 0. The Labute approximate surface area is 176 Å². The van der Waals surface area contributed by atoms with Crippen molar-refractivity contribution in [1.82, 2.24) is 0 Å². The Kier molecular flexibility index (Phi) is 6.88. The molecule has 0 aliphatic heterocycles. The molecule has 156 valence electrons. The minimum atomic E-state index is -0.502. The van der Waals surface area contributed by atoms with Crippen LogP contribution < -0.4 is 9.47 Å². The highest BCUT2D eigenvalue weighted by atomic mass is 19.1. The monoisotopic (exact) mass is 408 g/mol. The van der Waals surface area contributed by atoms with Crippen molar-refractivity contribution in [2.75, 3.05) is 6.61 Å². The zero-order valence-corrected chi connectivity index (χ0v) is 17.5. The number of hydrogen-bond acceptors (Lipinski definition) is 2. The number of hydrogen-bond donors (Lipinski definition) is 0. The summed E-state index contributed by atoms with van der Waals surface area (Å²) in [4.78, 5) is 0. The van der Waals surface area contributed by atoms with E-state index in [0.29, 0.717) is 17.9 Å². The highest BCUT2D eigenvalue weighted by molar-refractivity contribution is 5.38. The molecular weight excluding hydrogens is 382 g/mol. The van der Waals surface area contributed by atoms with Crippen molar-refractivity contribution in [1.29, 1.82) is 0 Å². The molecule has 0 N–H and O–H groups in total. The summed E-state index contributed by atoms with van der Waals surface area (Å²) in [6, 6.07) is 21.0. The van der Waals surface area contributed by atoms with Crippen molar-refractivity contribution in [3.8, 4) is 17.2 Å². The molecule has 0 aliphatic carbocycles. The van der Waals surface area contributed by atoms with E-state index in [1.165, 1.54) is 6.07 Å². The van der Waals surface area contributed by atoms with Crippen LogP contribution in [0.1, 0.15) is 31.9 Å². The van der Waals surface area contributed by atoms with Gasteiger partial charge in [0, 0.05) is 11.8 Å². The number of para-hydroxylation sites is 1. The molecule has 3 aromatic carbocycles. The summed E-state index contributed by atoms with van der Waals surface area (Å²) < 4.78 is 40.0. The second kappa shape index (κ2) is 9.57. The standard InChI is InChI=1S/C26H26F2O2/c1-4-29-22-13-11-20(12-14-22)26(2,3)18-21(27)16-19-10-15-24(28)25(17-19)30-23-8-6-5-7-9-23/h5-15,17-18H,4,16H2,1-3H3/b21-18-. The van der Waals surface area contributed by atoms with Gasteiger partial charge in [-0.25, -0.2) is 8.78 Å². The van der Waals surface area contributed by atoms with E-state index >= 15 is 0 Å².